The standard InChI is InChI=1S/C14H13N5O/c15-18-13-11(14(20)19-8-4-5-9-19)16-12(17-13)10-6-2-1-3-7-10/h1-3,6-7H,4-5,8-9H2/p+1. The van der Waals surface area contributed by atoms with E-state index in [1.165, 1.54) is 0 Å². The van der Waals surface area contributed by atoms with E-state index < -0.39 is 0 Å². The maximum atomic E-state index is 12.4. The molecule has 1 aromatic heterocycles. The van der Waals surface area contributed by atoms with Crippen molar-refractivity contribution < 1.29 is 4.79 Å². The van der Waals surface area contributed by atoms with Gasteiger partial charge in [0.15, 0.2) is 0 Å². The number of amides is 1. The van der Waals surface area contributed by atoms with Crippen LogP contribution in [-0.4, -0.2) is 33.9 Å². The Balaban J connectivity index is 1.97. The van der Waals surface area contributed by atoms with Crippen molar-refractivity contribution in [2.45, 2.75) is 12.8 Å². The highest BCUT2D eigenvalue weighted by molar-refractivity contribution is 5.98. The van der Waals surface area contributed by atoms with E-state index in [0.717, 1.165) is 31.5 Å². The Morgan fingerprint density at radius 1 is 1.25 bits per heavy atom. The molecule has 6 heteroatoms. The van der Waals surface area contributed by atoms with E-state index in [-0.39, 0.29) is 17.4 Å². The molecule has 20 heavy (non-hydrogen) atoms. The number of imidazole rings is 1. The molecule has 1 aliphatic heterocycles. The number of rotatable bonds is 2. The molecule has 1 aliphatic rings. The van der Waals surface area contributed by atoms with Gasteiger partial charge in [0.1, 0.15) is 0 Å². The Morgan fingerprint density at radius 2 is 1.95 bits per heavy atom. The lowest BCUT2D eigenvalue weighted by atomic mass is 10.2. The number of nitrogens with one attached hydrogen (secondary N) is 1. The molecule has 1 saturated heterocycles. The number of hydrogen-bond acceptors (Lipinski definition) is 3. The molecule has 0 bridgehead atoms. The lowest BCUT2D eigenvalue weighted by Crippen LogP contribution is -2.27. The van der Waals surface area contributed by atoms with Crippen LogP contribution in [0, 0.1) is 5.39 Å². The van der Waals surface area contributed by atoms with Crippen LogP contribution < -0.4 is 0 Å². The average molecular weight is 268 g/mol. The predicted octanol–water partition coefficient (Wildman–Crippen LogP) is 2.80. The van der Waals surface area contributed by atoms with Gasteiger partial charge in [-0.25, -0.2) is 0 Å². The summed E-state index contributed by atoms with van der Waals surface area (Å²) in [7, 11) is 0. The fourth-order valence-corrected chi connectivity index (χ4v) is 2.40. The first-order chi connectivity index (χ1) is 9.79. The smallest absolute Gasteiger partial charge is 0.337 e. The number of hydrogen-bond donors (Lipinski definition) is 1. The lowest BCUT2D eigenvalue weighted by molar-refractivity contribution is 0.0789. The highest BCUT2D eigenvalue weighted by atomic mass is 16.2. The van der Waals surface area contributed by atoms with Crippen LogP contribution in [0.2, 0.25) is 0 Å². The fraction of sp³-hybridized carbons (Fsp3) is 0.286. The van der Waals surface area contributed by atoms with Crippen molar-refractivity contribution in [3.63, 3.8) is 0 Å². The molecule has 1 N–H and O–H groups in total. The number of diazo groups is 1. The first kappa shape index (κ1) is 12.4. The van der Waals surface area contributed by atoms with Crippen LogP contribution in [0.5, 0.6) is 0 Å². The van der Waals surface area contributed by atoms with Crippen LogP contribution in [0.15, 0.2) is 30.3 Å². The summed E-state index contributed by atoms with van der Waals surface area (Å²) < 4.78 is 0. The van der Waals surface area contributed by atoms with Crippen LogP contribution in [0.25, 0.3) is 16.4 Å². The third-order valence-electron chi connectivity index (χ3n) is 3.43. The minimum absolute atomic E-state index is 0.0424. The van der Waals surface area contributed by atoms with Crippen LogP contribution in [0.3, 0.4) is 0 Å². The Kier molecular flexibility index (Phi) is 3.17. The second kappa shape index (κ2) is 5.13. The number of carbonyl (C=O) groups excluding carboxylic acids is 1. The number of nitrogens with zero attached hydrogens (tertiary/aromatic N) is 4. The molecule has 0 aliphatic carbocycles. The fourth-order valence-electron chi connectivity index (χ4n) is 2.40. The molecule has 2 aromatic rings. The summed E-state index contributed by atoms with van der Waals surface area (Å²) in [6.07, 6.45) is 2.02. The number of likely N-dealkylation sites (tertiary alicyclic amines) is 1. The van der Waals surface area contributed by atoms with Gasteiger partial charge in [0.25, 0.3) is 11.7 Å². The second-order valence-corrected chi connectivity index (χ2v) is 4.75. The molecule has 0 radical (unpaired) electrons. The summed E-state index contributed by atoms with van der Waals surface area (Å²) in [6.45, 7) is 1.48. The molecular formula is C14H14N5O+. The molecular weight excluding hydrogens is 254 g/mol. The predicted molar refractivity (Wildman–Crippen MR) is 73.9 cm³/mol. The zero-order valence-electron chi connectivity index (χ0n) is 10.9. The summed E-state index contributed by atoms with van der Waals surface area (Å²) in [6, 6.07) is 9.43. The van der Waals surface area contributed by atoms with Gasteiger partial charge in [0, 0.05) is 23.6 Å². The van der Waals surface area contributed by atoms with Crippen molar-refractivity contribution in [2.75, 3.05) is 13.1 Å². The number of aromatic amines is 1. The Bertz CT molecular complexity index is 665. The molecule has 0 unspecified atom stereocenters. The van der Waals surface area contributed by atoms with E-state index >= 15 is 0 Å². The minimum atomic E-state index is -0.162. The van der Waals surface area contributed by atoms with Crippen LogP contribution in [0.1, 0.15) is 23.3 Å². The van der Waals surface area contributed by atoms with E-state index in [2.05, 4.69) is 14.9 Å². The zero-order chi connectivity index (χ0) is 13.9. The van der Waals surface area contributed by atoms with Crippen LogP contribution in [-0.2, 0) is 0 Å². The van der Waals surface area contributed by atoms with Gasteiger partial charge in [-0.2, -0.15) is 0 Å². The molecule has 0 saturated carbocycles. The molecule has 100 valence electrons. The van der Waals surface area contributed by atoms with E-state index in [1.807, 2.05) is 30.3 Å². The molecule has 1 fully saturated rings. The number of aromatic nitrogens is 2. The monoisotopic (exact) mass is 268 g/mol. The molecule has 1 aromatic carbocycles. The highest BCUT2D eigenvalue weighted by Crippen LogP contribution is 2.25. The number of carbonyl (C=O) groups is 1. The second-order valence-electron chi connectivity index (χ2n) is 4.75. The molecule has 1 amide bonds. The van der Waals surface area contributed by atoms with E-state index in [0.29, 0.717) is 5.82 Å². The lowest BCUT2D eigenvalue weighted by Gasteiger charge is -2.12. The SMILES string of the molecule is N#[N+]c1nc(-c2ccccc2)[nH]c1C(=O)N1CCCC1. The summed E-state index contributed by atoms with van der Waals surface area (Å²) in [4.78, 5) is 24.4. The summed E-state index contributed by atoms with van der Waals surface area (Å²) in [5, 5.41) is 9.04. The Hall–Kier alpha value is -2.68. The van der Waals surface area contributed by atoms with E-state index in [4.69, 9.17) is 5.39 Å². The summed E-state index contributed by atoms with van der Waals surface area (Å²) in [5.41, 5.74) is 1.09. The molecule has 2 heterocycles. The van der Waals surface area contributed by atoms with Crippen LogP contribution in [0.4, 0.5) is 5.82 Å². The Labute approximate surface area is 116 Å². The topological polar surface area (TPSA) is 77.1 Å². The van der Waals surface area contributed by atoms with Gasteiger partial charge in [-0.1, -0.05) is 18.2 Å². The normalized spacial score (nSPS) is 14.2. The van der Waals surface area contributed by atoms with Crippen LogP contribution >= 0.6 is 0 Å². The maximum Gasteiger partial charge on any atom is 0.496 e. The third kappa shape index (κ3) is 2.14. The van der Waals surface area contributed by atoms with Gasteiger partial charge >= 0.3 is 5.82 Å². The maximum absolute atomic E-state index is 12.4. The molecule has 6 nitrogen and oxygen atoms in total. The summed E-state index contributed by atoms with van der Waals surface area (Å²) >= 11 is 0. The molecule has 3 rings (SSSR count). The first-order valence-corrected chi connectivity index (χ1v) is 6.59. The third-order valence-corrected chi connectivity index (χ3v) is 3.43. The van der Waals surface area contributed by atoms with Gasteiger partial charge in [-0.3, -0.25) is 4.79 Å². The number of benzene rings is 1. The van der Waals surface area contributed by atoms with Crippen molar-refractivity contribution >= 4 is 11.7 Å². The number of H-pyrrole nitrogens is 1. The largest absolute Gasteiger partial charge is 0.496 e. The zero-order valence-corrected chi connectivity index (χ0v) is 10.9. The first-order valence-electron chi connectivity index (χ1n) is 6.59. The Morgan fingerprint density at radius 3 is 2.60 bits per heavy atom. The van der Waals surface area contributed by atoms with E-state index in [9.17, 15) is 4.79 Å². The quantitative estimate of drug-likeness (QED) is 0.851. The minimum Gasteiger partial charge on any atom is -0.337 e. The van der Waals surface area contributed by atoms with Crippen molar-refractivity contribution in [3.05, 3.63) is 41.0 Å². The van der Waals surface area contributed by atoms with Crippen molar-refractivity contribution in [1.82, 2.24) is 14.9 Å². The van der Waals surface area contributed by atoms with Gasteiger partial charge in [0.2, 0.25) is 5.69 Å². The van der Waals surface area contributed by atoms with Crippen molar-refractivity contribution in [1.29, 1.82) is 5.39 Å². The highest BCUT2D eigenvalue weighted by Gasteiger charge is 2.32. The van der Waals surface area contributed by atoms with Crippen molar-refractivity contribution in [2.24, 2.45) is 0 Å². The average Bonchev–Trinajstić information content (AvgIpc) is 3.17. The van der Waals surface area contributed by atoms with Crippen molar-refractivity contribution in [3.8, 4) is 11.4 Å². The molecule has 0 spiro atoms. The van der Waals surface area contributed by atoms with Gasteiger partial charge in [0.05, 0.1) is 5.39 Å². The van der Waals surface area contributed by atoms with Gasteiger partial charge < -0.3 is 9.88 Å². The summed E-state index contributed by atoms with van der Waals surface area (Å²) in [5.74, 6) is 0.409. The van der Waals surface area contributed by atoms with Gasteiger partial charge in [-0.15, -0.1) is 0 Å². The van der Waals surface area contributed by atoms with Gasteiger partial charge in [-0.05, 0) is 30.0 Å². The molecule has 0 atom stereocenters. The van der Waals surface area contributed by atoms with E-state index in [1.54, 1.807) is 4.90 Å².